The molecule has 0 bridgehead atoms. The predicted molar refractivity (Wildman–Crippen MR) is 130 cm³/mol. The Bertz CT molecular complexity index is 817. The van der Waals surface area contributed by atoms with Crippen LogP contribution in [0.25, 0.3) is 5.69 Å². The van der Waals surface area contributed by atoms with E-state index in [1.807, 2.05) is 41.2 Å². The van der Waals surface area contributed by atoms with Crippen molar-refractivity contribution in [3.63, 3.8) is 0 Å². The fourth-order valence-corrected chi connectivity index (χ4v) is 5.62. The van der Waals surface area contributed by atoms with Crippen LogP contribution in [0.3, 0.4) is 0 Å². The number of nitrogens with one attached hydrogen (secondary N) is 1. The molecule has 2 fully saturated rings. The van der Waals surface area contributed by atoms with Crippen LogP contribution in [-0.2, 0) is 0 Å². The number of amides is 1. The normalized spacial score (nSPS) is 24.3. The van der Waals surface area contributed by atoms with Crippen molar-refractivity contribution in [2.75, 3.05) is 19.6 Å². The molecule has 1 amide bonds. The Morgan fingerprint density at radius 3 is 2.72 bits per heavy atom. The Labute approximate surface area is 193 Å². The summed E-state index contributed by atoms with van der Waals surface area (Å²) in [7, 11) is 0. The van der Waals surface area contributed by atoms with Crippen LogP contribution < -0.4 is 5.32 Å². The number of carbonyl (C=O) groups excluding carboxylic acids is 1. The monoisotopic (exact) mass is 436 g/mol. The summed E-state index contributed by atoms with van der Waals surface area (Å²) < 4.78 is 1.81. The van der Waals surface area contributed by atoms with Crippen molar-refractivity contribution < 1.29 is 4.79 Å². The van der Waals surface area contributed by atoms with E-state index in [1.54, 1.807) is 6.20 Å². The Morgan fingerprint density at radius 1 is 1.09 bits per heavy atom. The molecule has 5 nitrogen and oxygen atoms in total. The summed E-state index contributed by atoms with van der Waals surface area (Å²) in [5.41, 5.74) is 1.71. The standard InChI is InChI=1S/C27H40N4O/c1-2-3-4-9-22-10-7-18-30(20-22)21-24-11-5-6-12-26(24)29-27(32)23-13-15-25(16-14-23)31-19-8-17-28-31/h8,13-17,19,22,24,26H,2-7,9-12,18,20-21H2,1H3,(H,29,32)/t22?,24-,26+/m0/s1. The summed E-state index contributed by atoms with van der Waals surface area (Å²) in [6.07, 6.45) is 16.7. The van der Waals surface area contributed by atoms with Crippen molar-refractivity contribution in [1.29, 1.82) is 0 Å². The summed E-state index contributed by atoms with van der Waals surface area (Å²) in [5, 5.41) is 7.65. The van der Waals surface area contributed by atoms with Gasteiger partial charge in [-0.05, 0) is 80.8 Å². The fraction of sp³-hybridized carbons (Fsp3) is 0.630. The Morgan fingerprint density at radius 2 is 1.94 bits per heavy atom. The smallest absolute Gasteiger partial charge is 0.251 e. The molecular weight excluding hydrogens is 396 g/mol. The van der Waals surface area contributed by atoms with E-state index in [2.05, 4.69) is 22.2 Å². The zero-order chi connectivity index (χ0) is 22.2. The van der Waals surface area contributed by atoms with Gasteiger partial charge in [0.05, 0.1) is 5.69 Å². The molecule has 1 unspecified atom stereocenters. The third-order valence-corrected chi connectivity index (χ3v) is 7.44. The molecule has 1 saturated carbocycles. The molecule has 1 aliphatic heterocycles. The van der Waals surface area contributed by atoms with E-state index in [-0.39, 0.29) is 5.91 Å². The van der Waals surface area contributed by atoms with Gasteiger partial charge in [-0.2, -0.15) is 5.10 Å². The molecule has 4 rings (SSSR count). The average molecular weight is 437 g/mol. The third kappa shape index (κ3) is 6.22. The Balaban J connectivity index is 1.31. The van der Waals surface area contributed by atoms with E-state index >= 15 is 0 Å². The predicted octanol–water partition coefficient (Wildman–Crippen LogP) is 5.45. The first-order valence-electron chi connectivity index (χ1n) is 12.9. The Hall–Kier alpha value is -2.14. The molecule has 1 aromatic heterocycles. The van der Waals surface area contributed by atoms with E-state index in [1.165, 1.54) is 70.9 Å². The molecule has 5 heteroatoms. The lowest BCUT2D eigenvalue weighted by Gasteiger charge is -2.39. The molecule has 174 valence electrons. The number of hydrogen-bond donors (Lipinski definition) is 1. The van der Waals surface area contributed by atoms with Crippen LogP contribution in [-0.4, -0.2) is 46.3 Å². The third-order valence-electron chi connectivity index (χ3n) is 7.44. The van der Waals surface area contributed by atoms with Gasteiger partial charge < -0.3 is 10.2 Å². The van der Waals surface area contributed by atoms with Crippen LogP contribution in [0.5, 0.6) is 0 Å². The SMILES string of the molecule is CCCCCC1CCCN(C[C@@H]2CCCC[C@H]2NC(=O)c2ccc(-n3cccn3)cc2)C1. The number of nitrogens with zero attached hydrogens (tertiary/aromatic N) is 3. The van der Waals surface area contributed by atoms with Crippen molar-refractivity contribution in [3.8, 4) is 5.69 Å². The zero-order valence-electron chi connectivity index (χ0n) is 19.7. The molecule has 0 radical (unpaired) electrons. The topological polar surface area (TPSA) is 50.2 Å². The van der Waals surface area contributed by atoms with Crippen molar-refractivity contribution >= 4 is 5.91 Å². The number of aromatic nitrogens is 2. The van der Waals surface area contributed by atoms with Crippen molar-refractivity contribution in [2.24, 2.45) is 11.8 Å². The highest BCUT2D eigenvalue weighted by Gasteiger charge is 2.30. The number of carbonyl (C=O) groups is 1. The van der Waals surface area contributed by atoms with E-state index < -0.39 is 0 Å². The van der Waals surface area contributed by atoms with E-state index in [0.29, 0.717) is 12.0 Å². The Kier molecular flexibility index (Phi) is 8.38. The number of benzene rings is 1. The molecule has 2 aliphatic rings. The van der Waals surface area contributed by atoms with Crippen LogP contribution in [0.2, 0.25) is 0 Å². The molecule has 1 aliphatic carbocycles. The zero-order valence-corrected chi connectivity index (χ0v) is 19.7. The highest BCUT2D eigenvalue weighted by Crippen LogP contribution is 2.29. The van der Waals surface area contributed by atoms with Crippen LogP contribution >= 0.6 is 0 Å². The first kappa shape index (κ1) is 23.0. The summed E-state index contributed by atoms with van der Waals surface area (Å²) in [6, 6.07) is 9.95. The number of piperidine rings is 1. The second-order valence-electron chi connectivity index (χ2n) is 9.89. The lowest BCUT2D eigenvalue weighted by atomic mass is 9.83. The summed E-state index contributed by atoms with van der Waals surface area (Å²) in [6.45, 7) is 5.93. The molecule has 0 spiro atoms. The minimum absolute atomic E-state index is 0.0602. The van der Waals surface area contributed by atoms with E-state index in [0.717, 1.165) is 30.1 Å². The number of unbranched alkanes of at least 4 members (excludes halogenated alkanes) is 2. The quantitative estimate of drug-likeness (QED) is 0.532. The van der Waals surface area contributed by atoms with Gasteiger partial charge in [0, 0.05) is 37.1 Å². The molecule has 3 atom stereocenters. The molecular formula is C27H40N4O. The molecule has 2 heterocycles. The summed E-state index contributed by atoms with van der Waals surface area (Å²) >= 11 is 0. The first-order chi connectivity index (χ1) is 15.7. The molecule has 1 saturated heterocycles. The van der Waals surface area contributed by atoms with Gasteiger partial charge in [-0.3, -0.25) is 4.79 Å². The van der Waals surface area contributed by atoms with E-state index in [4.69, 9.17) is 0 Å². The van der Waals surface area contributed by atoms with Crippen molar-refractivity contribution in [2.45, 2.75) is 77.2 Å². The molecule has 2 aromatic rings. The summed E-state index contributed by atoms with van der Waals surface area (Å²) in [5.74, 6) is 1.51. The van der Waals surface area contributed by atoms with Crippen LogP contribution in [0, 0.1) is 11.8 Å². The van der Waals surface area contributed by atoms with Gasteiger partial charge in [-0.1, -0.05) is 39.0 Å². The lowest BCUT2D eigenvalue weighted by molar-refractivity contribution is 0.0853. The number of hydrogen-bond acceptors (Lipinski definition) is 3. The van der Waals surface area contributed by atoms with Gasteiger partial charge in [-0.25, -0.2) is 4.68 Å². The second kappa shape index (κ2) is 11.6. The van der Waals surface area contributed by atoms with Gasteiger partial charge in [0.15, 0.2) is 0 Å². The highest BCUT2D eigenvalue weighted by molar-refractivity contribution is 5.94. The largest absolute Gasteiger partial charge is 0.349 e. The van der Waals surface area contributed by atoms with Crippen LogP contribution in [0.15, 0.2) is 42.7 Å². The van der Waals surface area contributed by atoms with Crippen molar-refractivity contribution in [1.82, 2.24) is 20.0 Å². The second-order valence-corrected chi connectivity index (χ2v) is 9.89. The van der Waals surface area contributed by atoms with Gasteiger partial charge in [-0.15, -0.1) is 0 Å². The minimum Gasteiger partial charge on any atom is -0.349 e. The molecule has 1 aromatic carbocycles. The maximum Gasteiger partial charge on any atom is 0.251 e. The van der Waals surface area contributed by atoms with Gasteiger partial charge in [0.2, 0.25) is 0 Å². The maximum atomic E-state index is 13.0. The number of likely N-dealkylation sites (tertiary alicyclic amines) is 1. The minimum atomic E-state index is 0.0602. The highest BCUT2D eigenvalue weighted by atomic mass is 16.1. The van der Waals surface area contributed by atoms with Gasteiger partial charge in [0.1, 0.15) is 0 Å². The fourth-order valence-electron chi connectivity index (χ4n) is 5.62. The molecule has 1 N–H and O–H groups in total. The van der Waals surface area contributed by atoms with E-state index in [9.17, 15) is 4.79 Å². The van der Waals surface area contributed by atoms with Gasteiger partial charge >= 0.3 is 0 Å². The van der Waals surface area contributed by atoms with Crippen LogP contribution in [0.1, 0.15) is 81.5 Å². The summed E-state index contributed by atoms with van der Waals surface area (Å²) in [4.78, 5) is 15.7. The molecule has 32 heavy (non-hydrogen) atoms. The lowest BCUT2D eigenvalue weighted by Crippen LogP contribution is -2.48. The van der Waals surface area contributed by atoms with Gasteiger partial charge in [0.25, 0.3) is 5.91 Å². The average Bonchev–Trinajstić information content (AvgIpc) is 3.36. The maximum absolute atomic E-state index is 13.0. The van der Waals surface area contributed by atoms with Crippen molar-refractivity contribution in [3.05, 3.63) is 48.3 Å². The number of rotatable bonds is 9. The van der Waals surface area contributed by atoms with Crippen LogP contribution in [0.4, 0.5) is 0 Å². The first-order valence-corrected chi connectivity index (χ1v) is 12.9.